The maximum absolute atomic E-state index is 12.4. The van der Waals surface area contributed by atoms with Crippen LogP contribution >= 0.6 is 0 Å². The molecule has 0 spiro atoms. The van der Waals surface area contributed by atoms with Gasteiger partial charge in [-0.05, 0) is 25.8 Å². The molecule has 0 radical (unpaired) electrons. The number of amides is 2. The molecule has 5 nitrogen and oxygen atoms in total. The van der Waals surface area contributed by atoms with E-state index in [1.165, 1.54) is 0 Å². The van der Waals surface area contributed by atoms with Crippen molar-refractivity contribution in [1.82, 2.24) is 15.5 Å². The van der Waals surface area contributed by atoms with Crippen LogP contribution in [0, 0.1) is 5.92 Å². The molecule has 2 aliphatic rings. The van der Waals surface area contributed by atoms with Crippen LogP contribution in [0.15, 0.2) is 0 Å². The average Bonchev–Trinajstić information content (AvgIpc) is 2.38. The summed E-state index contributed by atoms with van der Waals surface area (Å²) in [6.45, 7) is 4.95. The first-order valence-electron chi connectivity index (χ1n) is 6.53. The van der Waals surface area contributed by atoms with E-state index in [9.17, 15) is 9.59 Å². The standard InChI is InChI=1S/C12H21N3O2/c1-2-10-11(16)14-6-7-15(10)12(17)9-4-3-5-13-8-9/h9-10,13H,2-8H2,1H3,(H,14,16)/t9-,10+/m0/s1. The van der Waals surface area contributed by atoms with Crippen LogP contribution in [-0.4, -0.2) is 48.9 Å². The van der Waals surface area contributed by atoms with E-state index < -0.39 is 0 Å². The van der Waals surface area contributed by atoms with Gasteiger partial charge >= 0.3 is 0 Å². The summed E-state index contributed by atoms with van der Waals surface area (Å²) >= 11 is 0. The van der Waals surface area contributed by atoms with E-state index in [4.69, 9.17) is 0 Å². The van der Waals surface area contributed by atoms with E-state index >= 15 is 0 Å². The third-order valence-electron chi connectivity index (χ3n) is 3.65. The first-order chi connectivity index (χ1) is 8.24. The van der Waals surface area contributed by atoms with Gasteiger partial charge in [0.15, 0.2) is 0 Å². The van der Waals surface area contributed by atoms with E-state index in [1.807, 2.05) is 6.92 Å². The minimum atomic E-state index is -0.266. The lowest BCUT2D eigenvalue weighted by Crippen LogP contribution is -2.59. The number of nitrogens with zero attached hydrogens (tertiary/aromatic N) is 1. The fourth-order valence-electron chi connectivity index (χ4n) is 2.68. The second-order valence-corrected chi connectivity index (χ2v) is 4.79. The summed E-state index contributed by atoms with van der Waals surface area (Å²) in [6.07, 6.45) is 2.69. The van der Waals surface area contributed by atoms with Gasteiger partial charge in [0.05, 0.1) is 5.92 Å². The Kier molecular flexibility index (Phi) is 3.99. The zero-order valence-corrected chi connectivity index (χ0v) is 10.4. The van der Waals surface area contributed by atoms with Crippen molar-refractivity contribution in [3.05, 3.63) is 0 Å². The van der Waals surface area contributed by atoms with Crippen molar-refractivity contribution in [3.8, 4) is 0 Å². The average molecular weight is 239 g/mol. The molecule has 2 N–H and O–H groups in total. The third-order valence-corrected chi connectivity index (χ3v) is 3.65. The monoisotopic (exact) mass is 239 g/mol. The van der Waals surface area contributed by atoms with Crippen LogP contribution < -0.4 is 10.6 Å². The van der Waals surface area contributed by atoms with E-state index in [2.05, 4.69) is 10.6 Å². The van der Waals surface area contributed by atoms with Gasteiger partial charge in [0.25, 0.3) is 0 Å². The first-order valence-corrected chi connectivity index (χ1v) is 6.53. The molecule has 17 heavy (non-hydrogen) atoms. The fourth-order valence-corrected chi connectivity index (χ4v) is 2.68. The fraction of sp³-hybridized carbons (Fsp3) is 0.833. The minimum absolute atomic E-state index is 0.00383. The van der Waals surface area contributed by atoms with Crippen LogP contribution in [0.25, 0.3) is 0 Å². The van der Waals surface area contributed by atoms with Crippen LogP contribution in [0.1, 0.15) is 26.2 Å². The minimum Gasteiger partial charge on any atom is -0.353 e. The van der Waals surface area contributed by atoms with Crippen molar-refractivity contribution in [1.29, 1.82) is 0 Å². The number of carbonyl (C=O) groups excluding carboxylic acids is 2. The molecule has 96 valence electrons. The second-order valence-electron chi connectivity index (χ2n) is 4.79. The predicted molar refractivity (Wildman–Crippen MR) is 64.4 cm³/mol. The summed E-state index contributed by atoms with van der Waals surface area (Å²) in [5.41, 5.74) is 0. The SMILES string of the molecule is CC[C@@H]1C(=O)NCCN1C(=O)[C@H]1CCCNC1. The molecular weight excluding hydrogens is 218 g/mol. The highest BCUT2D eigenvalue weighted by atomic mass is 16.2. The molecule has 0 saturated carbocycles. The Morgan fingerprint density at radius 1 is 1.47 bits per heavy atom. The van der Waals surface area contributed by atoms with Gasteiger partial charge in [-0.1, -0.05) is 6.92 Å². The molecule has 0 aromatic carbocycles. The third kappa shape index (κ3) is 2.60. The van der Waals surface area contributed by atoms with Crippen LogP contribution in [-0.2, 0) is 9.59 Å². The summed E-state index contributed by atoms with van der Waals surface area (Å²) in [7, 11) is 0. The van der Waals surface area contributed by atoms with Gasteiger partial charge in [-0.2, -0.15) is 0 Å². The maximum atomic E-state index is 12.4. The Morgan fingerprint density at radius 3 is 2.94 bits per heavy atom. The zero-order valence-electron chi connectivity index (χ0n) is 10.4. The van der Waals surface area contributed by atoms with Crippen molar-refractivity contribution < 1.29 is 9.59 Å². The Hall–Kier alpha value is -1.10. The molecule has 2 saturated heterocycles. The second kappa shape index (κ2) is 5.49. The normalized spacial score (nSPS) is 29.9. The lowest BCUT2D eigenvalue weighted by atomic mass is 9.96. The number of rotatable bonds is 2. The Labute approximate surface area is 102 Å². The molecule has 0 aliphatic carbocycles. The van der Waals surface area contributed by atoms with Crippen LogP contribution in [0.4, 0.5) is 0 Å². The van der Waals surface area contributed by atoms with Gasteiger partial charge in [0, 0.05) is 19.6 Å². The number of carbonyl (C=O) groups is 2. The lowest BCUT2D eigenvalue weighted by molar-refractivity contribution is -0.146. The molecule has 2 aliphatic heterocycles. The van der Waals surface area contributed by atoms with Gasteiger partial charge < -0.3 is 15.5 Å². The highest BCUT2D eigenvalue weighted by Crippen LogP contribution is 2.17. The number of piperazine rings is 1. The first kappa shape index (κ1) is 12.4. The van der Waals surface area contributed by atoms with Crippen molar-refractivity contribution in [2.45, 2.75) is 32.2 Å². The van der Waals surface area contributed by atoms with E-state index in [-0.39, 0.29) is 23.8 Å². The van der Waals surface area contributed by atoms with Crippen molar-refractivity contribution >= 4 is 11.8 Å². The van der Waals surface area contributed by atoms with Gasteiger partial charge in [-0.25, -0.2) is 0 Å². The molecule has 2 fully saturated rings. The molecule has 5 heteroatoms. The van der Waals surface area contributed by atoms with Crippen LogP contribution in [0.3, 0.4) is 0 Å². The quantitative estimate of drug-likeness (QED) is 0.697. The highest BCUT2D eigenvalue weighted by Gasteiger charge is 2.35. The predicted octanol–water partition coefficient (Wildman–Crippen LogP) is -0.277. The molecule has 0 aromatic heterocycles. The number of piperidine rings is 1. The van der Waals surface area contributed by atoms with E-state index in [0.717, 1.165) is 25.9 Å². The summed E-state index contributed by atoms with van der Waals surface area (Å²) in [4.78, 5) is 25.9. The number of hydrogen-bond acceptors (Lipinski definition) is 3. The molecule has 0 unspecified atom stereocenters. The van der Waals surface area contributed by atoms with Gasteiger partial charge in [-0.3, -0.25) is 9.59 Å². The highest BCUT2D eigenvalue weighted by molar-refractivity contribution is 5.89. The maximum Gasteiger partial charge on any atom is 0.242 e. The Balaban J connectivity index is 2.03. The van der Waals surface area contributed by atoms with E-state index in [0.29, 0.717) is 19.5 Å². The van der Waals surface area contributed by atoms with E-state index in [1.54, 1.807) is 4.90 Å². The smallest absolute Gasteiger partial charge is 0.242 e. The Bertz CT molecular complexity index is 300. The van der Waals surface area contributed by atoms with Crippen LogP contribution in [0.2, 0.25) is 0 Å². The van der Waals surface area contributed by atoms with Crippen molar-refractivity contribution in [2.75, 3.05) is 26.2 Å². The molecule has 2 amide bonds. The molecule has 0 bridgehead atoms. The van der Waals surface area contributed by atoms with Gasteiger partial charge in [0.2, 0.25) is 11.8 Å². The van der Waals surface area contributed by atoms with Gasteiger partial charge in [-0.15, -0.1) is 0 Å². The summed E-state index contributed by atoms with van der Waals surface area (Å²) < 4.78 is 0. The summed E-state index contributed by atoms with van der Waals surface area (Å²) in [5.74, 6) is 0.207. The molecule has 2 atom stereocenters. The largest absolute Gasteiger partial charge is 0.353 e. The molecular formula is C12H21N3O2. The molecule has 2 heterocycles. The number of nitrogens with one attached hydrogen (secondary N) is 2. The zero-order chi connectivity index (χ0) is 12.3. The van der Waals surface area contributed by atoms with Gasteiger partial charge in [0.1, 0.15) is 6.04 Å². The summed E-state index contributed by atoms with van der Waals surface area (Å²) in [6, 6.07) is -0.266. The molecule has 0 aromatic rings. The van der Waals surface area contributed by atoms with Crippen molar-refractivity contribution in [2.24, 2.45) is 5.92 Å². The topological polar surface area (TPSA) is 61.4 Å². The van der Waals surface area contributed by atoms with Crippen LogP contribution in [0.5, 0.6) is 0 Å². The summed E-state index contributed by atoms with van der Waals surface area (Å²) in [5, 5.41) is 6.07. The molecule has 2 rings (SSSR count). The van der Waals surface area contributed by atoms with Crippen molar-refractivity contribution in [3.63, 3.8) is 0 Å². The lowest BCUT2D eigenvalue weighted by Gasteiger charge is -2.37. The number of hydrogen-bond donors (Lipinski definition) is 2. The Morgan fingerprint density at radius 2 is 2.29 bits per heavy atom.